The molecule has 0 unspecified atom stereocenters. The Balaban J connectivity index is 3.00. The quantitative estimate of drug-likeness (QED) is 0.633. The molecule has 0 saturated heterocycles. The van der Waals surface area contributed by atoms with Gasteiger partial charge in [-0.1, -0.05) is 6.07 Å². The lowest BCUT2D eigenvalue weighted by molar-refractivity contribution is -0.139. The minimum absolute atomic E-state index is 0.0689. The van der Waals surface area contributed by atoms with Crippen LogP contribution >= 0.6 is 27.5 Å². The van der Waals surface area contributed by atoms with Crippen LogP contribution in [0.2, 0.25) is 0 Å². The Morgan fingerprint density at radius 3 is 2.80 bits per heavy atom. The highest BCUT2D eigenvalue weighted by Gasteiger charge is 2.10. The standard InChI is InChI=1S/C10H9BrClFO2/c1-15-9(14)4-6-2-7(5-12)10(13)8(11)3-6/h2-3H,4-5H2,1H3. The van der Waals surface area contributed by atoms with Crippen LogP contribution in [0.1, 0.15) is 11.1 Å². The van der Waals surface area contributed by atoms with Crippen LogP contribution in [0.25, 0.3) is 0 Å². The SMILES string of the molecule is COC(=O)Cc1cc(Br)c(F)c(CCl)c1. The van der Waals surface area contributed by atoms with E-state index < -0.39 is 5.82 Å². The van der Waals surface area contributed by atoms with Gasteiger partial charge < -0.3 is 4.74 Å². The largest absolute Gasteiger partial charge is 0.469 e. The lowest BCUT2D eigenvalue weighted by atomic mass is 10.1. The second kappa shape index (κ2) is 5.47. The van der Waals surface area contributed by atoms with Crippen LogP contribution in [0.15, 0.2) is 16.6 Å². The molecule has 0 radical (unpaired) electrons. The normalized spacial score (nSPS) is 10.1. The molecular formula is C10H9BrClFO2. The van der Waals surface area contributed by atoms with Crippen LogP contribution in [0.5, 0.6) is 0 Å². The highest BCUT2D eigenvalue weighted by molar-refractivity contribution is 9.10. The molecule has 1 aromatic carbocycles. The number of esters is 1. The lowest BCUT2D eigenvalue weighted by Crippen LogP contribution is -2.05. The molecule has 0 aliphatic carbocycles. The number of rotatable bonds is 3. The van der Waals surface area contributed by atoms with Gasteiger partial charge in [0.05, 0.1) is 23.9 Å². The fourth-order valence-corrected chi connectivity index (χ4v) is 1.89. The highest BCUT2D eigenvalue weighted by atomic mass is 79.9. The van der Waals surface area contributed by atoms with E-state index in [1.807, 2.05) is 0 Å². The van der Waals surface area contributed by atoms with Gasteiger partial charge in [-0.3, -0.25) is 4.79 Å². The molecule has 0 atom stereocenters. The van der Waals surface area contributed by atoms with Crippen molar-refractivity contribution in [3.8, 4) is 0 Å². The molecule has 0 bridgehead atoms. The Bertz CT molecular complexity index is 382. The molecular weight excluding hydrogens is 286 g/mol. The van der Waals surface area contributed by atoms with Gasteiger partial charge in [0, 0.05) is 5.56 Å². The molecule has 0 heterocycles. The zero-order chi connectivity index (χ0) is 11.4. The minimum atomic E-state index is -0.390. The van der Waals surface area contributed by atoms with Gasteiger partial charge in [-0.05, 0) is 27.6 Å². The molecule has 0 aliphatic heterocycles. The predicted molar refractivity (Wildman–Crippen MR) is 59.4 cm³/mol. The van der Waals surface area contributed by atoms with Crippen molar-refractivity contribution in [2.24, 2.45) is 0 Å². The average molecular weight is 296 g/mol. The molecule has 0 fully saturated rings. The summed E-state index contributed by atoms with van der Waals surface area (Å²) in [5.74, 6) is -0.688. The zero-order valence-electron chi connectivity index (χ0n) is 8.02. The van der Waals surface area contributed by atoms with Gasteiger partial charge in [-0.25, -0.2) is 4.39 Å². The number of carbonyl (C=O) groups is 1. The van der Waals surface area contributed by atoms with Crippen LogP contribution in [-0.4, -0.2) is 13.1 Å². The van der Waals surface area contributed by atoms with Crippen LogP contribution in [0.3, 0.4) is 0 Å². The molecule has 82 valence electrons. The number of halogens is 3. The third-order valence-electron chi connectivity index (χ3n) is 1.88. The first-order valence-electron chi connectivity index (χ1n) is 4.18. The van der Waals surface area contributed by atoms with E-state index >= 15 is 0 Å². The number of methoxy groups -OCH3 is 1. The van der Waals surface area contributed by atoms with Gasteiger partial charge in [0.15, 0.2) is 0 Å². The van der Waals surface area contributed by atoms with E-state index in [1.54, 1.807) is 12.1 Å². The fraction of sp³-hybridized carbons (Fsp3) is 0.300. The summed E-state index contributed by atoms with van der Waals surface area (Å²) in [5.41, 5.74) is 1.04. The van der Waals surface area contributed by atoms with Gasteiger partial charge in [-0.2, -0.15) is 0 Å². The second-order valence-electron chi connectivity index (χ2n) is 2.94. The van der Waals surface area contributed by atoms with E-state index in [0.717, 1.165) is 0 Å². The molecule has 0 N–H and O–H groups in total. The summed E-state index contributed by atoms with van der Waals surface area (Å²) >= 11 is 8.63. The van der Waals surface area contributed by atoms with Crippen molar-refractivity contribution in [3.05, 3.63) is 33.5 Å². The van der Waals surface area contributed by atoms with E-state index in [1.165, 1.54) is 7.11 Å². The van der Waals surface area contributed by atoms with Gasteiger partial charge in [0.1, 0.15) is 5.82 Å². The smallest absolute Gasteiger partial charge is 0.309 e. The Kier molecular flexibility index (Phi) is 4.54. The van der Waals surface area contributed by atoms with Gasteiger partial charge in [0.2, 0.25) is 0 Å². The van der Waals surface area contributed by atoms with Gasteiger partial charge >= 0.3 is 5.97 Å². The monoisotopic (exact) mass is 294 g/mol. The average Bonchev–Trinajstić information content (AvgIpc) is 2.22. The second-order valence-corrected chi connectivity index (χ2v) is 4.06. The Hall–Kier alpha value is -0.610. The van der Waals surface area contributed by atoms with Crippen LogP contribution in [0.4, 0.5) is 4.39 Å². The summed E-state index contributed by atoms with van der Waals surface area (Å²) in [7, 11) is 1.31. The first-order valence-corrected chi connectivity index (χ1v) is 5.50. The number of benzene rings is 1. The van der Waals surface area contributed by atoms with Crippen molar-refractivity contribution >= 4 is 33.5 Å². The van der Waals surface area contributed by atoms with Crippen LogP contribution < -0.4 is 0 Å². The number of ether oxygens (including phenoxy) is 1. The van der Waals surface area contributed by atoms with Crippen molar-refractivity contribution in [2.75, 3.05) is 7.11 Å². The summed E-state index contributed by atoms with van der Waals surface area (Å²) in [5, 5.41) is 0. The molecule has 0 aliphatic rings. The van der Waals surface area contributed by atoms with Crippen molar-refractivity contribution in [1.82, 2.24) is 0 Å². The third kappa shape index (κ3) is 3.18. The Labute approximate surface area is 101 Å². The van der Waals surface area contributed by atoms with E-state index in [2.05, 4.69) is 20.7 Å². The minimum Gasteiger partial charge on any atom is -0.469 e. The number of carbonyl (C=O) groups excluding carboxylic acids is 1. The number of alkyl halides is 1. The van der Waals surface area contributed by atoms with Crippen molar-refractivity contribution in [1.29, 1.82) is 0 Å². The number of hydrogen-bond donors (Lipinski definition) is 0. The summed E-state index contributed by atoms with van der Waals surface area (Å²) < 4.78 is 18.2. The third-order valence-corrected chi connectivity index (χ3v) is 2.75. The first kappa shape index (κ1) is 12.5. The molecule has 0 saturated carbocycles. The maximum Gasteiger partial charge on any atom is 0.309 e. The predicted octanol–water partition coefficient (Wildman–Crippen LogP) is 3.04. The maximum atomic E-state index is 13.4. The van der Waals surface area contributed by atoms with Crippen LogP contribution in [-0.2, 0) is 21.8 Å². The molecule has 0 spiro atoms. The Morgan fingerprint density at radius 1 is 1.60 bits per heavy atom. The van der Waals surface area contributed by atoms with Gasteiger partial charge in [0.25, 0.3) is 0 Å². The van der Waals surface area contributed by atoms with Crippen molar-refractivity contribution < 1.29 is 13.9 Å². The molecule has 1 aromatic rings. The van der Waals surface area contributed by atoms with E-state index in [9.17, 15) is 9.18 Å². The molecule has 1 rings (SSSR count). The lowest BCUT2D eigenvalue weighted by Gasteiger charge is -2.05. The Morgan fingerprint density at radius 2 is 2.27 bits per heavy atom. The molecule has 0 amide bonds. The van der Waals surface area contributed by atoms with E-state index in [0.29, 0.717) is 15.6 Å². The topological polar surface area (TPSA) is 26.3 Å². The first-order chi connectivity index (χ1) is 7.08. The molecule has 2 nitrogen and oxygen atoms in total. The van der Waals surface area contributed by atoms with Crippen LogP contribution in [0, 0.1) is 5.82 Å². The molecule has 5 heteroatoms. The summed E-state index contributed by atoms with van der Waals surface area (Å²) in [6.45, 7) is 0. The highest BCUT2D eigenvalue weighted by Crippen LogP contribution is 2.23. The van der Waals surface area contributed by atoms with Crippen molar-refractivity contribution in [3.63, 3.8) is 0 Å². The van der Waals surface area contributed by atoms with E-state index in [-0.39, 0.29) is 18.3 Å². The van der Waals surface area contributed by atoms with Gasteiger partial charge in [-0.15, -0.1) is 11.6 Å². The molecule has 15 heavy (non-hydrogen) atoms. The van der Waals surface area contributed by atoms with Crippen molar-refractivity contribution in [2.45, 2.75) is 12.3 Å². The summed E-state index contributed by atoms with van der Waals surface area (Å²) in [6.07, 6.45) is 0.110. The maximum absolute atomic E-state index is 13.4. The number of hydrogen-bond acceptors (Lipinski definition) is 2. The van der Waals surface area contributed by atoms with E-state index in [4.69, 9.17) is 11.6 Å². The molecule has 0 aromatic heterocycles. The fourth-order valence-electron chi connectivity index (χ4n) is 1.15. The zero-order valence-corrected chi connectivity index (χ0v) is 10.4. The summed E-state index contributed by atoms with van der Waals surface area (Å²) in [6, 6.07) is 3.10. The summed E-state index contributed by atoms with van der Waals surface area (Å²) in [4.78, 5) is 11.0.